The maximum absolute atomic E-state index is 12.0. The molecule has 0 aliphatic rings. The van der Waals surface area contributed by atoms with Crippen LogP contribution in [-0.4, -0.2) is 16.6 Å². The molecule has 2 aromatic carbocycles. The lowest BCUT2D eigenvalue weighted by Gasteiger charge is -2.05. The molecule has 0 unspecified atom stereocenters. The summed E-state index contributed by atoms with van der Waals surface area (Å²) < 4.78 is 1.15. The van der Waals surface area contributed by atoms with Crippen LogP contribution in [0, 0.1) is 6.92 Å². The molecule has 1 N–H and O–H groups in total. The molecule has 1 heterocycles. The molecule has 112 valence electrons. The molecule has 3 nitrogen and oxygen atoms in total. The quantitative estimate of drug-likeness (QED) is 0.751. The summed E-state index contributed by atoms with van der Waals surface area (Å²) in [7, 11) is 0. The zero-order chi connectivity index (χ0) is 15.4. The number of rotatable bonds is 5. The SMILES string of the molecule is Cc1nc2cc(NC(=O)CSCc3ccccc3)ccc2s1. The average molecular weight is 328 g/mol. The van der Waals surface area contributed by atoms with Gasteiger partial charge in [0.2, 0.25) is 5.91 Å². The number of fused-ring (bicyclic) bond motifs is 1. The first-order valence-electron chi connectivity index (χ1n) is 6.99. The third-order valence-electron chi connectivity index (χ3n) is 3.12. The van der Waals surface area contributed by atoms with Crippen LogP contribution in [0.4, 0.5) is 5.69 Å². The van der Waals surface area contributed by atoms with E-state index in [1.165, 1.54) is 5.56 Å². The Balaban J connectivity index is 1.54. The average Bonchev–Trinajstić information content (AvgIpc) is 2.87. The predicted molar refractivity (Wildman–Crippen MR) is 95.6 cm³/mol. The highest BCUT2D eigenvalue weighted by Crippen LogP contribution is 2.24. The second-order valence-corrected chi connectivity index (χ2v) is 7.16. The Morgan fingerprint density at radius 3 is 2.86 bits per heavy atom. The molecular formula is C17H16N2OS2. The van der Waals surface area contributed by atoms with E-state index in [9.17, 15) is 4.79 Å². The van der Waals surface area contributed by atoms with Crippen molar-refractivity contribution in [2.75, 3.05) is 11.1 Å². The summed E-state index contributed by atoms with van der Waals surface area (Å²) >= 11 is 3.28. The van der Waals surface area contributed by atoms with Gasteiger partial charge in [0, 0.05) is 11.4 Å². The molecule has 0 fully saturated rings. The number of aromatic nitrogens is 1. The second kappa shape index (κ2) is 6.94. The largest absolute Gasteiger partial charge is 0.325 e. The number of hydrogen-bond donors (Lipinski definition) is 1. The minimum absolute atomic E-state index is 0.0206. The molecule has 1 aromatic heterocycles. The highest BCUT2D eigenvalue weighted by atomic mass is 32.2. The van der Waals surface area contributed by atoms with Crippen molar-refractivity contribution < 1.29 is 4.79 Å². The fourth-order valence-electron chi connectivity index (χ4n) is 2.15. The lowest BCUT2D eigenvalue weighted by molar-refractivity contribution is -0.113. The van der Waals surface area contributed by atoms with Crippen LogP contribution in [0.1, 0.15) is 10.6 Å². The fraction of sp³-hybridized carbons (Fsp3) is 0.176. The maximum Gasteiger partial charge on any atom is 0.234 e. The molecular weight excluding hydrogens is 312 g/mol. The van der Waals surface area contributed by atoms with E-state index in [2.05, 4.69) is 22.4 Å². The summed E-state index contributed by atoms with van der Waals surface area (Å²) in [4.78, 5) is 16.4. The van der Waals surface area contributed by atoms with Gasteiger partial charge in [-0.1, -0.05) is 30.3 Å². The van der Waals surface area contributed by atoms with Gasteiger partial charge in [-0.25, -0.2) is 4.98 Å². The molecule has 3 aromatic rings. The molecule has 0 saturated carbocycles. The van der Waals surface area contributed by atoms with Gasteiger partial charge in [-0.3, -0.25) is 4.79 Å². The summed E-state index contributed by atoms with van der Waals surface area (Å²) in [6.45, 7) is 1.99. The molecule has 5 heteroatoms. The van der Waals surface area contributed by atoms with Crippen LogP contribution in [0.25, 0.3) is 10.2 Å². The molecule has 0 spiro atoms. The van der Waals surface area contributed by atoms with E-state index >= 15 is 0 Å². The number of benzene rings is 2. The number of nitrogens with zero attached hydrogens (tertiary/aromatic N) is 1. The molecule has 0 bridgehead atoms. The summed E-state index contributed by atoms with van der Waals surface area (Å²) in [6.07, 6.45) is 0. The van der Waals surface area contributed by atoms with Gasteiger partial charge >= 0.3 is 0 Å². The fourth-order valence-corrected chi connectivity index (χ4v) is 3.75. The summed E-state index contributed by atoms with van der Waals surface area (Å²) in [5, 5.41) is 3.97. The first-order valence-corrected chi connectivity index (χ1v) is 8.96. The van der Waals surface area contributed by atoms with Crippen LogP contribution in [0.2, 0.25) is 0 Å². The minimum atomic E-state index is 0.0206. The van der Waals surface area contributed by atoms with Gasteiger partial charge < -0.3 is 5.32 Å². The number of aryl methyl sites for hydroxylation is 1. The monoisotopic (exact) mass is 328 g/mol. The van der Waals surface area contributed by atoms with E-state index in [-0.39, 0.29) is 5.91 Å². The van der Waals surface area contributed by atoms with Crippen molar-refractivity contribution >= 4 is 44.9 Å². The van der Waals surface area contributed by atoms with E-state index in [4.69, 9.17) is 0 Å². The molecule has 0 saturated heterocycles. The first kappa shape index (κ1) is 15.1. The Morgan fingerprint density at radius 2 is 2.05 bits per heavy atom. The van der Waals surface area contributed by atoms with Crippen LogP contribution in [-0.2, 0) is 10.5 Å². The molecule has 0 atom stereocenters. The summed E-state index contributed by atoms with van der Waals surface area (Å²) in [6, 6.07) is 16.0. The topological polar surface area (TPSA) is 42.0 Å². The van der Waals surface area contributed by atoms with Crippen LogP contribution in [0.3, 0.4) is 0 Å². The smallest absolute Gasteiger partial charge is 0.234 e. The van der Waals surface area contributed by atoms with Gasteiger partial charge in [0.25, 0.3) is 0 Å². The van der Waals surface area contributed by atoms with Crippen molar-refractivity contribution in [3.8, 4) is 0 Å². The zero-order valence-corrected chi connectivity index (χ0v) is 13.8. The third kappa shape index (κ3) is 3.87. The number of anilines is 1. The van der Waals surface area contributed by atoms with E-state index < -0.39 is 0 Å². The number of carbonyl (C=O) groups excluding carboxylic acids is 1. The Bertz CT molecular complexity index is 784. The van der Waals surface area contributed by atoms with Crippen LogP contribution < -0.4 is 5.32 Å². The number of thiazole rings is 1. The molecule has 0 aliphatic carbocycles. The lowest BCUT2D eigenvalue weighted by Crippen LogP contribution is -2.14. The van der Waals surface area contributed by atoms with Crippen LogP contribution in [0.15, 0.2) is 48.5 Å². The Morgan fingerprint density at radius 1 is 1.23 bits per heavy atom. The van der Waals surface area contributed by atoms with E-state index in [1.807, 2.05) is 43.3 Å². The van der Waals surface area contributed by atoms with Crippen molar-refractivity contribution in [3.63, 3.8) is 0 Å². The summed E-state index contributed by atoms with van der Waals surface area (Å²) in [5.41, 5.74) is 2.99. The van der Waals surface area contributed by atoms with Crippen molar-refractivity contribution in [1.29, 1.82) is 0 Å². The molecule has 22 heavy (non-hydrogen) atoms. The van der Waals surface area contributed by atoms with E-state index in [0.29, 0.717) is 5.75 Å². The zero-order valence-electron chi connectivity index (χ0n) is 12.2. The Labute approximate surface area is 137 Å². The highest BCUT2D eigenvalue weighted by molar-refractivity contribution is 7.99. The highest BCUT2D eigenvalue weighted by Gasteiger charge is 2.06. The van der Waals surface area contributed by atoms with Crippen molar-refractivity contribution in [3.05, 3.63) is 59.1 Å². The van der Waals surface area contributed by atoms with Crippen molar-refractivity contribution in [2.24, 2.45) is 0 Å². The maximum atomic E-state index is 12.0. The molecule has 0 radical (unpaired) electrons. The van der Waals surface area contributed by atoms with Gasteiger partial charge in [0.15, 0.2) is 0 Å². The number of thioether (sulfide) groups is 1. The molecule has 3 rings (SSSR count). The van der Waals surface area contributed by atoms with Gasteiger partial charge in [-0.05, 0) is 30.7 Å². The van der Waals surface area contributed by atoms with E-state index in [0.717, 1.165) is 26.7 Å². The Kier molecular flexibility index (Phi) is 4.75. The number of nitrogens with one attached hydrogen (secondary N) is 1. The lowest BCUT2D eigenvalue weighted by atomic mass is 10.2. The van der Waals surface area contributed by atoms with Crippen LogP contribution >= 0.6 is 23.1 Å². The van der Waals surface area contributed by atoms with E-state index in [1.54, 1.807) is 23.1 Å². The standard InChI is InChI=1S/C17H16N2OS2/c1-12-18-15-9-14(7-8-16(15)22-12)19-17(20)11-21-10-13-5-3-2-4-6-13/h2-9H,10-11H2,1H3,(H,19,20). The molecule has 1 amide bonds. The number of carbonyl (C=O) groups is 1. The Hall–Kier alpha value is -1.85. The van der Waals surface area contributed by atoms with Crippen molar-refractivity contribution in [1.82, 2.24) is 4.98 Å². The second-order valence-electron chi connectivity index (χ2n) is 4.94. The minimum Gasteiger partial charge on any atom is -0.325 e. The summed E-state index contributed by atoms with van der Waals surface area (Å²) in [5.74, 6) is 1.31. The van der Waals surface area contributed by atoms with Crippen LogP contribution in [0.5, 0.6) is 0 Å². The van der Waals surface area contributed by atoms with Gasteiger partial charge in [0.05, 0.1) is 21.0 Å². The number of hydrogen-bond acceptors (Lipinski definition) is 4. The first-order chi connectivity index (χ1) is 10.7. The van der Waals surface area contributed by atoms with Gasteiger partial charge in [-0.2, -0.15) is 0 Å². The normalized spacial score (nSPS) is 10.8. The van der Waals surface area contributed by atoms with Gasteiger partial charge in [-0.15, -0.1) is 23.1 Å². The van der Waals surface area contributed by atoms with Crippen molar-refractivity contribution in [2.45, 2.75) is 12.7 Å². The number of amides is 1. The van der Waals surface area contributed by atoms with Gasteiger partial charge in [0.1, 0.15) is 0 Å². The predicted octanol–water partition coefficient (Wildman–Crippen LogP) is 4.48. The molecule has 0 aliphatic heterocycles. The third-order valence-corrected chi connectivity index (χ3v) is 5.08.